The number of hydrogen-bond donors (Lipinski definition) is 1. The number of hydrogen-bond acceptors (Lipinski definition) is 4. The van der Waals surface area contributed by atoms with Crippen LogP contribution in [-0.4, -0.2) is 50.0 Å². The van der Waals surface area contributed by atoms with E-state index < -0.39 is 0 Å². The van der Waals surface area contributed by atoms with Gasteiger partial charge in [-0.2, -0.15) is 0 Å². The predicted octanol–water partition coefficient (Wildman–Crippen LogP) is 3.78. The van der Waals surface area contributed by atoms with Crippen LogP contribution in [0.2, 0.25) is 0 Å². The molecule has 0 saturated carbocycles. The molecule has 2 fully saturated rings. The van der Waals surface area contributed by atoms with Crippen LogP contribution in [0.1, 0.15) is 54.1 Å². The summed E-state index contributed by atoms with van der Waals surface area (Å²) in [5.41, 5.74) is 2.57. The van der Waals surface area contributed by atoms with Crippen molar-refractivity contribution in [2.75, 3.05) is 38.2 Å². The third kappa shape index (κ3) is 5.07. The molecule has 2 aromatic carbocycles. The van der Waals surface area contributed by atoms with Gasteiger partial charge in [0.25, 0.3) is 5.91 Å². The first-order valence-corrected chi connectivity index (χ1v) is 11.2. The number of rotatable bonds is 7. The molecule has 2 saturated heterocycles. The summed E-state index contributed by atoms with van der Waals surface area (Å²) in [7, 11) is 1.67. The maximum Gasteiger partial charge on any atom is 0.251 e. The van der Waals surface area contributed by atoms with E-state index in [0.717, 1.165) is 37.5 Å². The third-order valence-corrected chi connectivity index (χ3v) is 6.28. The van der Waals surface area contributed by atoms with Crippen molar-refractivity contribution in [3.8, 4) is 5.75 Å². The third-order valence-electron chi connectivity index (χ3n) is 6.28. The van der Waals surface area contributed by atoms with Gasteiger partial charge in [-0.3, -0.25) is 14.5 Å². The molecule has 0 aromatic heterocycles. The molecule has 2 heterocycles. The number of nitrogens with zero attached hydrogens (tertiary/aromatic N) is 2. The summed E-state index contributed by atoms with van der Waals surface area (Å²) in [4.78, 5) is 29.3. The minimum atomic E-state index is -0.107. The van der Waals surface area contributed by atoms with Crippen molar-refractivity contribution in [2.45, 2.75) is 38.1 Å². The molecule has 6 heteroatoms. The predicted molar refractivity (Wildman–Crippen MR) is 122 cm³/mol. The van der Waals surface area contributed by atoms with Crippen LogP contribution in [0.25, 0.3) is 0 Å². The van der Waals surface area contributed by atoms with Gasteiger partial charge in [0, 0.05) is 30.8 Å². The molecule has 6 nitrogen and oxygen atoms in total. The first-order chi connectivity index (χ1) is 15.2. The Balaban J connectivity index is 1.47. The standard InChI is InChI=1S/C25H31N3O3/c1-31-22-12-10-19(11-13-22)23(27-14-3-2-4-15-27)18-26-25(30)20-7-5-8-21(17-20)28-16-6-9-24(28)29/h5,7-8,10-13,17,23H,2-4,6,9,14-16,18H2,1H3,(H,26,30). The normalized spacial score (nSPS) is 18.1. The molecule has 4 rings (SSSR count). The summed E-state index contributed by atoms with van der Waals surface area (Å²) in [5.74, 6) is 0.852. The van der Waals surface area contributed by atoms with E-state index in [1.165, 1.54) is 24.8 Å². The largest absolute Gasteiger partial charge is 0.497 e. The molecular weight excluding hydrogens is 390 g/mol. The monoisotopic (exact) mass is 421 g/mol. The smallest absolute Gasteiger partial charge is 0.251 e. The van der Waals surface area contributed by atoms with E-state index in [1.807, 2.05) is 36.4 Å². The zero-order valence-corrected chi connectivity index (χ0v) is 18.2. The molecule has 31 heavy (non-hydrogen) atoms. The van der Waals surface area contributed by atoms with Crippen molar-refractivity contribution in [3.05, 3.63) is 59.7 Å². The highest BCUT2D eigenvalue weighted by molar-refractivity contribution is 5.99. The molecule has 1 atom stereocenters. The second kappa shape index (κ2) is 9.96. The summed E-state index contributed by atoms with van der Waals surface area (Å²) in [5, 5.41) is 3.14. The van der Waals surface area contributed by atoms with E-state index in [4.69, 9.17) is 4.74 Å². The van der Waals surface area contributed by atoms with Gasteiger partial charge in [0.15, 0.2) is 0 Å². The van der Waals surface area contributed by atoms with Crippen molar-refractivity contribution in [1.29, 1.82) is 0 Å². The number of piperidine rings is 1. The van der Waals surface area contributed by atoms with Crippen LogP contribution in [0.5, 0.6) is 5.75 Å². The van der Waals surface area contributed by atoms with Gasteiger partial charge in [-0.25, -0.2) is 0 Å². The number of nitrogens with one attached hydrogen (secondary N) is 1. The molecule has 2 aliphatic heterocycles. The average molecular weight is 422 g/mol. The number of carbonyl (C=O) groups excluding carboxylic acids is 2. The lowest BCUT2D eigenvalue weighted by Crippen LogP contribution is -2.40. The number of benzene rings is 2. The Bertz CT molecular complexity index is 906. The zero-order chi connectivity index (χ0) is 21.6. The van der Waals surface area contributed by atoms with Gasteiger partial charge in [0.1, 0.15) is 5.75 Å². The highest BCUT2D eigenvalue weighted by Gasteiger charge is 2.24. The lowest BCUT2D eigenvalue weighted by Gasteiger charge is -2.35. The molecule has 0 aliphatic carbocycles. The summed E-state index contributed by atoms with van der Waals surface area (Å²) >= 11 is 0. The fourth-order valence-electron chi connectivity index (χ4n) is 4.54. The summed E-state index contributed by atoms with van der Waals surface area (Å²) in [6.45, 7) is 3.34. The van der Waals surface area contributed by atoms with Gasteiger partial charge >= 0.3 is 0 Å². The lowest BCUT2D eigenvalue weighted by molar-refractivity contribution is -0.117. The molecule has 1 N–H and O–H groups in total. The SMILES string of the molecule is COc1ccc(C(CNC(=O)c2cccc(N3CCCC3=O)c2)N2CCCCC2)cc1. The number of likely N-dealkylation sites (tertiary alicyclic amines) is 1. The number of anilines is 1. The van der Waals surface area contributed by atoms with Crippen LogP contribution in [0, 0.1) is 0 Å². The van der Waals surface area contributed by atoms with E-state index in [9.17, 15) is 9.59 Å². The van der Waals surface area contributed by atoms with Crippen LogP contribution in [0.3, 0.4) is 0 Å². The van der Waals surface area contributed by atoms with Gasteiger partial charge in [0.05, 0.1) is 13.2 Å². The lowest BCUT2D eigenvalue weighted by atomic mass is 10.0. The Kier molecular flexibility index (Phi) is 6.87. The Morgan fingerprint density at radius 1 is 1.03 bits per heavy atom. The molecule has 0 radical (unpaired) electrons. The summed E-state index contributed by atoms with van der Waals surface area (Å²) < 4.78 is 5.30. The van der Waals surface area contributed by atoms with Crippen molar-refractivity contribution >= 4 is 17.5 Å². The Hall–Kier alpha value is -2.86. The van der Waals surface area contributed by atoms with E-state index in [0.29, 0.717) is 18.5 Å². The number of methoxy groups -OCH3 is 1. The second-order valence-corrected chi connectivity index (χ2v) is 8.29. The molecule has 164 valence electrons. The summed E-state index contributed by atoms with van der Waals surface area (Å²) in [6.07, 6.45) is 5.09. The van der Waals surface area contributed by atoms with Crippen LogP contribution in [0.4, 0.5) is 5.69 Å². The highest BCUT2D eigenvalue weighted by Crippen LogP contribution is 2.26. The molecule has 1 unspecified atom stereocenters. The molecular formula is C25H31N3O3. The average Bonchev–Trinajstić information content (AvgIpc) is 3.26. The van der Waals surface area contributed by atoms with Gasteiger partial charge in [0.2, 0.25) is 5.91 Å². The van der Waals surface area contributed by atoms with E-state index in [2.05, 4.69) is 22.3 Å². The zero-order valence-electron chi connectivity index (χ0n) is 18.2. The van der Waals surface area contributed by atoms with Crippen molar-refractivity contribution in [1.82, 2.24) is 10.2 Å². The van der Waals surface area contributed by atoms with Crippen LogP contribution in [0.15, 0.2) is 48.5 Å². The Labute approximate surface area is 184 Å². The maximum atomic E-state index is 13.0. The summed E-state index contributed by atoms with van der Waals surface area (Å²) in [6, 6.07) is 15.6. The van der Waals surface area contributed by atoms with Crippen LogP contribution < -0.4 is 15.0 Å². The van der Waals surface area contributed by atoms with E-state index >= 15 is 0 Å². The maximum absolute atomic E-state index is 13.0. The van der Waals surface area contributed by atoms with Crippen molar-refractivity contribution < 1.29 is 14.3 Å². The Morgan fingerprint density at radius 2 is 1.81 bits per heavy atom. The van der Waals surface area contributed by atoms with Crippen LogP contribution in [-0.2, 0) is 4.79 Å². The minimum absolute atomic E-state index is 0.107. The molecule has 0 spiro atoms. The first kappa shape index (κ1) is 21.4. The number of ether oxygens (including phenoxy) is 1. The minimum Gasteiger partial charge on any atom is -0.497 e. The molecule has 0 bridgehead atoms. The second-order valence-electron chi connectivity index (χ2n) is 8.29. The fourth-order valence-corrected chi connectivity index (χ4v) is 4.54. The van der Waals surface area contributed by atoms with E-state index in [1.54, 1.807) is 12.0 Å². The fraction of sp³-hybridized carbons (Fsp3) is 0.440. The number of carbonyl (C=O) groups is 2. The van der Waals surface area contributed by atoms with Gasteiger partial charge < -0.3 is 15.0 Å². The van der Waals surface area contributed by atoms with Gasteiger partial charge in [-0.15, -0.1) is 0 Å². The molecule has 2 aliphatic rings. The van der Waals surface area contributed by atoms with Crippen molar-refractivity contribution in [3.63, 3.8) is 0 Å². The van der Waals surface area contributed by atoms with E-state index in [-0.39, 0.29) is 17.9 Å². The van der Waals surface area contributed by atoms with Gasteiger partial charge in [-0.1, -0.05) is 24.6 Å². The van der Waals surface area contributed by atoms with Crippen molar-refractivity contribution in [2.24, 2.45) is 0 Å². The Morgan fingerprint density at radius 3 is 2.48 bits per heavy atom. The van der Waals surface area contributed by atoms with Crippen LogP contribution >= 0.6 is 0 Å². The topological polar surface area (TPSA) is 61.9 Å². The highest BCUT2D eigenvalue weighted by atomic mass is 16.5. The van der Waals surface area contributed by atoms with Gasteiger partial charge in [-0.05, 0) is 68.2 Å². The molecule has 2 aromatic rings. The molecule has 2 amide bonds. The first-order valence-electron chi connectivity index (χ1n) is 11.2. The number of amides is 2. The quantitative estimate of drug-likeness (QED) is 0.739.